The zero-order valence-corrected chi connectivity index (χ0v) is 24.8. The largest absolute Gasteiger partial charge is 0.465 e. The predicted molar refractivity (Wildman–Crippen MR) is 151 cm³/mol. The standard InChI is InChI=1S/C26H30FN3O7S3/c1-4-37-10-9-30-18-8-6-16(27)12-20(18)39-26(30)29-22(32)14-40(34,35)13-21(31)28-24-23(25(33)36-3)17-7-5-15(2)11-19(17)38-24/h6,8,12,15H,4-5,7,9-11,13-14H2,1-3H3,(H,28,31). The molecule has 0 aliphatic heterocycles. The number of halogens is 1. The number of aromatic nitrogens is 1. The van der Waals surface area contributed by atoms with Crippen LogP contribution in [0.2, 0.25) is 0 Å². The van der Waals surface area contributed by atoms with Crippen LogP contribution in [-0.2, 0) is 48.3 Å². The molecule has 1 atom stereocenters. The van der Waals surface area contributed by atoms with Gasteiger partial charge in [-0.25, -0.2) is 17.6 Å². The third-order valence-corrected chi connectivity index (χ3v) is 9.98. The molecule has 1 unspecified atom stereocenters. The first-order valence-electron chi connectivity index (χ1n) is 12.7. The van der Waals surface area contributed by atoms with Gasteiger partial charge < -0.3 is 19.4 Å². The number of carbonyl (C=O) groups excluding carboxylic acids is 3. The Balaban J connectivity index is 1.51. The topological polar surface area (TPSA) is 133 Å². The van der Waals surface area contributed by atoms with Crippen molar-refractivity contribution in [3.05, 3.63) is 44.8 Å². The Hall–Kier alpha value is -2.94. The van der Waals surface area contributed by atoms with Crippen molar-refractivity contribution in [3.63, 3.8) is 0 Å². The predicted octanol–water partition coefficient (Wildman–Crippen LogP) is 3.33. The Kier molecular flexibility index (Phi) is 9.54. The van der Waals surface area contributed by atoms with E-state index >= 15 is 0 Å². The SMILES string of the molecule is CCOCCn1c(=NC(=O)CS(=O)(=O)CC(=O)Nc2sc3c(c2C(=O)OC)CCC(C)C3)sc2cc(F)ccc21. The van der Waals surface area contributed by atoms with E-state index in [-0.39, 0.29) is 15.4 Å². The van der Waals surface area contributed by atoms with E-state index in [4.69, 9.17) is 9.47 Å². The number of esters is 1. The highest BCUT2D eigenvalue weighted by molar-refractivity contribution is 7.92. The third-order valence-electron chi connectivity index (χ3n) is 6.38. The lowest BCUT2D eigenvalue weighted by molar-refractivity contribution is -0.115. The van der Waals surface area contributed by atoms with E-state index in [0.717, 1.165) is 34.6 Å². The summed E-state index contributed by atoms with van der Waals surface area (Å²) >= 11 is 2.29. The van der Waals surface area contributed by atoms with E-state index in [0.29, 0.717) is 42.3 Å². The van der Waals surface area contributed by atoms with Gasteiger partial charge in [-0.05, 0) is 55.9 Å². The number of thiophene rings is 1. The number of hydrogen-bond acceptors (Lipinski definition) is 9. The highest BCUT2D eigenvalue weighted by Crippen LogP contribution is 2.40. The van der Waals surface area contributed by atoms with Gasteiger partial charge in [-0.2, -0.15) is 4.99 Å². The number of amides is 2. The number of carbonyl (C=O) groups is 3. The van der Waals surface area contributed by atoms with Gasteiger partial charge >= 0.3 is 5.97 Å². The summed E-state index contributed by atoms with van der Waals surface area (Å²) in [4.78, 5) is 43.0. The van der Waals surface area contributed by atoms with E-state index in [2.05, 4.69) is 17.2 Å². The normalized spacial score (nSPS) is 15.7. The summed E-state index contributed by atoms with van der Waals surface area (Å²) in [5.74, 6) is -4.40. The first-order chi connectivity index (χ1) is 19.0. The van der Waals surface area contributed by atoms with Crippen LogP contribution < -0.4 is 10.1 Å². The first kappa shape index (κ1) is 30.0. The smallest absolute Gasteiger partial charge is 0.341 e. The average molecular weight is 612 g/mol. The number of thiazole rings is 1. The van der Waals surface area contributed by atoms with Crippen molar-refractivity contribution < 1.29 is 36.7 Å². The Labute approximate surface area is 238 Å². The van der Waals surface area contributed by atoms with Crippen LogP contribution in [-0.4, -0.2) is 62.6 Å². The number of benzene rings is 1. The third kappa shape index (κ3) is 7.03. The number of hydrogen-bond donors (Lipinski definition) is 1. The molecule has 2 aromatic heterocycles. The lowest BCUT2D eigenvalue weighted by Gasteiger charge is -2.18. The fourth-order valence-electron chi connectivity index (χ4n) is 4.55. The number of nitrogens with one attached hydrogen (secondary N) is 1. The van der Waals surface area contributed by atoms with Crippen molar-refractivity contribution in [3.8, 4) is 0 Å². The summed E-state index contributed by atoms with van der Waals surface area (Å²) in [6, 6.07) is 4.16. The second-order valence-electron chi connectivity index (χ2n) is 9.48. The molecule has 1 aliphatic rings. The molecule has 2 amide bonds. The minimum Gasteiger partial charge on any atom is -0.465 e. The van der Waals surface area contributed by atoms with Crippen LogP contribution >= 0.6 is 22.7 Å². The van der Waals surface area contributed by atoms with Crippen LogP contribution in [0.4, 0.5) is 9.39 Å². The zero-order chi connectivity index (χ0) is 29.0. The highest BCUT2D eigenvalue weighted by Gasteiger charge is 2.30. The molecule has 0 radical (unpaired) electrons. The fourth-order valence-corrected chi connectivity index (χ4v) is 8.07. The number of sulfone groups is 1. The molecule has 10 nitrogen and oxygen atoms in total. The first-order valence-corrected chi connectivity index (χ1v) is 16.1. The van der Waals surface area contributed by atoms with Crippen LogP contribution in [0.15, 0.2) is 23.2 Å². The van der Waals surface area contributed by atoms with Crippen LogP contribution in [0.25, 0.3) is 10.2 Å². The van der Waals surface area contributed by atoms with Crippen molar-refractivity contribution in [2.45, 2.75) is 39.7 Å². The van der Waals surface area contributed by atoms with Gasteiger partial charge in [0, 0.05) is 18.0 Å². The maximum Gasteiger partial charge on any atom is 0.341 e. The Morgan fingerprint density at radius 3 is 2.73 bits per heavy atom. The molecule has 1 N–H and O–H groups in total. The van der Waals surface area contributed by atoms with E-state index in [1.807, 2.05) is 6.92 Å². The second-order valence-corrected chi connectivity index (χ2v) is 13.7. The van der Waals surface area contributed by atoms with E-state index in [9.17, 15) is 27.2 Å². The molecule has 1 aromatic carbocycles. The monoisotopic (exact) mass is 611 g/mol. The van der Waals surface area contributed by atoms with Crippen molar-refractivity contribution in [2.24, 2.45) is 10.9 Å². The van der Waals surface area contributed by atoms with Gasteiger partial charge in [0.05, 0.1) is 29.5 Å². The molecule has 216 valence electrons. The fraction of sp³-hybridized carbons (Fsp3) is 0.462. The van der Waals surface area contributed by atoms with E-state index < -0.39 is 44.9 Å². The number of methoxy groups -OCH3 is 1. The molecule has 0 fully saturated rings. The molecule has 0 bridgehead atoms. The van der Waals surface area contributed by atoms with E-state index in [1.165, 1.54) is 30.6 Å². The summed E-state index contributed by atoms with van der Waals surface area (Å²) in [5.41, 5.74) is 1.71. The van der Waals surface area contributed by atoms with Gasteiger partial charge in [-0.1, -0.05) is 18.3 Å². The minimum atomic E-state index is -4.20. The number of fused-ring (bicyclic) bond motifs is 2. The number of rotatable bonds is 10. The van der Waals surface area contributed by atoms with Gasteiger partial charge in [0.15, 0.2) is 14.6 Å². The highest BCUT2D eigenvalue weighted by atomic mass is 32.2. The maximum atomic E-state index is 13.8. The number of nitrogens with zero attached hydrogens (tertiary/aromatic N) is 2. The Morgan fingerprint density at radius 1 is 1.23 bits per heavy atom. The summed E-state index contributed by atoms with van der Waals surface area (Å²) < 4.78 is 51.8. The molecule has 3 aromatic rings. The Bertz CT molecular complexity index is 1620. The van der Waals surface area contributed by atoms with Crippen LogP contribution in [0, 0.1) is 11.7 Å². The maximum absolute atomic E-state index is 13.8. The molecular formula is C26H30FN3O7S3. The van der Waals surface area contributed by atoms with Crippen molar-refractivity contribution in [1.29, 1.82) is 0 Å². The lowest BCUT2D eigenvalue weighted by Crippen LogP contribution is -2.28. The van der Waals surface area contributed by atoms with Crippen molar-refractivity contribution in [1.82, 2.24) is 4.57 Å². The lowest BCUT2D eigenvalue weighted by atomic mass is 9.88. The molecule has 4 rings (SSSR count). The molecule has 0 saturated carbocycles. The van der Waals surface area contributed by atoms with Gasteiger partial charge in [-0.3, -0.25) is 9.59 Å². The summed E-state index contributed by atoms with van der Waals surface area (Å²) in [6.07, 6.45) is 2.31. The molecule has 40 heavy (non-hydrogen) atoms. The van der Waals surface area contributed by atoms with Crippen LogP contribution in [0.1, 0.15) is 41.1 Å². The minimum absolute atomic E-state index is 0.200. The Morgan fingerprint density at radius 2 is 2.00 bits per heavy atom. The molecule has 1 aliphatic carbocycles. The quantitative estimate of drug-likeness (QED) is 0.275. The molecule has 2 heterocycles. The summed E-state index contributed by atoms with van der Waals surface area (Å²) in [5, 5.41) is 2.79. The summed E-state index contributed by atoms with van der Waals surface area (Å²) in [6.45, 7) is 5.07. The van der Waals surface area contributed by atoms with Gasteiger partial charge in [-0.15, -0.1) is 11.3 Å². The zero-order valence-electron chi connectivity index (χ0n) is 22.3. The average Bonchev–Trinajstić information content (AvgIpc) is 3.38. The van der Waals surface area contributed by atoms with Gasteiger partial charge in [0.25, 0.3) is 5.91 Å². The molecular weight excluding hydrogens is 581 g/mol. The number of ether oxygens (including phenoxy) is 2. The number of anilines is 1. The molecule has 0 saturated heterocycles. The molecule has 14 heteroatoms. The summed E-state index contributed by atoms with van der Waals surface area (Å²) in [7, 11) is -2.95. The van der Waals surface area contributed by atoms with Crippen molar-refractivity contribution >= 4 is 65.5 Å². The van der Waals surface area contributed by atoms with Crippen LogP contribution in [0.5, 0.6) is 0 Å². The van der Waals surface area contributed by atoms with Gasteiger partial charge in [0.1, 0.15) is 22.3 Å². The molecule has 0 spiro atoms. The van der Waals surface area contributed by atoms with Crippen LogP contribution in [0.3, 0.4) is 0 Å². The second kappa shape index (κ2) is 12.7. The van der Waals surface area contributed by atoms with Crippen molar-refractivity contribution in [2.75, 3.05) is 37.1 Å². The van der Waals surface area contributed by atoms with Gasteiger partial charge in [0.2, 0.25) is 5.91 Å². The van der Waals surface area contributed by atoms with E-state index in [1.54, 1.807) is 10.6 Å².